The van der Waals surface area contributed by atoms with Gasteiger partial charge >= 0.3 is 0 Å². The topological polar surface area (TPSA) is 90.9 Å². The van der Waals surface area contributed by atoms with Crippen molar-refractivity contribution in [2.75, 3.05) is 50.7 Å². The fourth-order valence-electron chi connectivity index (χ4n) is 6.78. The highest BCUT2D eigenvalue weighted by Gasteiger charge is 2.46. The number of benzene rings is 1. The summed E-state index contributed by atoms with van der Waals surface area (Å²) in [6.07, 6.45) is 13.0. The van der Waals surface area contributed by atoms with Crippen LogP contribution in [0.15, 0.2) is 30.7 Å². The first-order valence-electron chi connectivity index (χ1n) is 14.6. The third-order valence-electron chi connectivity index (χ3n) is 9.18. The number of carbonyl (C=O) groups is 1. The van der Waals surface area contributed by atoms with Gasteiger partial charge in [0.1, 0.15) is 17.9 Å². The summed E-state index contributed by atoms with van der Waals surface area (Å²) in [6.45, 7) is 7.16. The van der Waals surface area contributed by atoms with Gasteiger partial charge < -0.3 is 14.5 Å². The zero-order valence-electron chi connectivity index (χ0n) is 23.0. The van der Waals surface area contributed by atoms with Crippen molar-refractivity contribution < 1.29 is 18.1 Å². The zero-order chi connectivity index (χ0) is 27.5. The summed E-state index contributed by atoms with van der Waals surface area (Å²) in [5.41, 5.74) is 0.452. The SMILES string of the molecule is O=Cc1cc(F)ccc1Oc1cncnc1N1CC2(CCN(CC3CCC(NS(=O)N4CCCC4)CC3)CC2)C1. The van der Waals surface area contributed by atoms with Crippen LogP contribution >= 0.6 is 0 Å². The van der Waals surface area contributed by atoms with E-state index in [1.807, 2.05) is 0 Å². The summed E-state index contributed by atoms with van der Waals surface area (Å²) in [7, 11) is 0. The number of likely N-dealkylation sites (tertiary alicyclic amines) is 1. The predicted octanol–water partition coefficient (Wildman–Crippen LogP) is 3.95. The minimum absolute atomic E-state index is 0.157. The number of anilines is 1. The van der Waals surface area contributed by atoms with Gasteiger partial charge in [-0.05, 0) is 88.6 Å². The molecule has 11 heteroatoms. The summed E-state index contributed by atoms with van der Waals surface area (Å²) >= 11 is -1.02. The molecule has 6 rings (SSSR count). The minimum atomic E-state index is -1.02. The highest BCUT2D eigenvalue weighted by atomic mass is 32.2. The van der Waals surface area contributed by atoms with Crippen molar-refractivity contribution in [3.63, 3.8) is 0 Å². The van der Waals surface area contributed by atoms with Gasteiger partial charge in [-0.2, -0.15) is 0 Å². The number of nitrogens with zero attached hydrogens (tertiary/aromatic N) is 5. The standard InChI is InChI=1S/C29H39FN6O3S/c30-24-5-8-26(23(15-24)18-37)39-27-16-31-21-32-28(27)35-19-29(20-35)9-13-34(14-10-29)17-22-3-6-25(7-4-22)33-40(38)36-11-1-2-12-36/h5,8,15-16,18,21-22,25,33H,1-4,6-7,9-14,17,19-20H2. The highest BCUT2D eigenvalue weighted by Crippen LogP contribution is 2.45. The summed E-state index contributed by atoms with van der Waals surface area (Å²) < 4.78 is 37.5. The number of ether oxygens (including phenoxy) is 1. The molecule has 1 atom stereocenters. The molecule has 1 spiro atoms. The van der Waals surface area contributed by atoms with Gasteiger partial charge in [-0.25, -0.2) is 27.6 Å². The molecule has 40 heavy (non-hydrogen) atoms. The molecule has 0 bridgehead atoms. The number of halogens is 1. The minimum Gasteiger partial charge on any atom is -0.451 e. The second-order valence-corrected chi connectivity index (χ2v) is 13.2. The normalized spacial score (nSPS) is 26.0. The molecule has 2 aromatic rings. The molecule has 1 N–H and O–H groups in total. The molecule has 3 saturated heterocycles. The molecule has 4 aliphatic rings. The van der Waals surface area contributed by atoms with Crippen LogP contribution in [0, 0.1) is 17.2 Å². The average Bonchev–Trinajstić information content (AvgIpc) is 3.50. The lowest BCUT2D eigenvalue weighted by Crippen LogP contribution is -2.61. The van der Waals surface area contributed by atoms with Crippen LogP contribution in [-0.2, 0) is 11.2 Å². The first kappa shape index (κ1) is 27.7. The van der Waals surface area contributed by atoms with Crippen LogP contribution in [0.1, 0.15) is 61.7 Å². The van der Waals surface area contributed by atoms with Crippen molar-refractivity contribution in [3.8, 4) is 11.5 Å². The van der Waals surface area contributed by atoms with E-state index >= 15 is 0 Å². The monoisotopic (exact) mass is 570 g/mol. The molecule has 1 unspecified atom stereocenters. The number of hydrogen-bond donors (Lipinski definition) is 1. The molecule has 1 aromatic carbocycles. The number of carbonyl (C=O) groups excluding carboxylic acids is 1. The second-order valence-electron chi connectivity index (χ2n) is 12.0. The van der Waals surface area contributed by atoms with E-state index in [1.165, 1.54) is 56.8 Å². The van der Waals surface area contributed by atoms with Crippen molar-refractivity contribution in [2.45, 2.75) is 57.4 Å². The first-order chi connectivity index (χ1) is 19.5. The molecule has 1 aliphatic carbocycles. The Balaban J connectivity index is 0.959. The smallest absolute Gasteiger partial charge is 0.188 e. The van der Waals surface area contributed by atoms with Crippen LogP contribution in [0.25, 0.3) is 0 Å². The molecule has 3 aliphatic heterocycles. The van der Waals surface area contributed by atoms with Crippen LogP contribution in [0.5, 0.6) is 11.5 Å². The van der Waals surface area contributed by atoms with Gasteiger partial charge in [-0.15, -0.1) is 0 Å². The molecule has 0 amide bonds. The number of rotatable bonds is 9. The van der Waals surface area contributed by atoms with E-state index in [9.17, 15) is 13.4 Å². The summed E-state index contributed by atoms with van der Waals surface area (Å²) in [4.78, 5) is 24.8. The van der Waals surface area contributed by atoms with E-state index in [1.54, 1.807) is 6.20 Å². The lowest BCUT2D eigenvalue weighted by atomic mass is 9.71. The van der Waals surface area contributed by atoms with E-state index in [4.69, 9.17) is 4.74 Å². The van der Waals surface area contributed by atoms with E-state index in [2.05, 4.69) is 28.8 Å². The number of hydrogen-bond acceptors (Lipinski definition) is 7. The number of nitrogens with one attached hydrogen (secondary N) is 1. The Hall–Kier alpha value is -2.47. The van der Waals surface area contributed by atoms with E-state index in [0.717, 1.165) is 70.9 Å². The Morgan fingerprint density at radius 1 is 1.07 bits per heavy atom. The van der Waals surface area contributed by atoms with Crippen molar-refractivity contribution in [1.82, 2.24) is 23.9 Å². The Bertz CT molecular complexity index is 1200. The molecule has 0 radical (unpaired) electrons. The molecular formula is C29H39FN6O3S. The third kappa shape index (κ3) is 6.22. The fraction of sp³-hybridized carbons (Fsp3) is 0.621. The Morgan fingerprint density at radius 3 is 2.55 bits per heavy atom. The maximum atomic E-state index is 13.5. The summed E-state index contributed by atoms with van der Waals surface area (Å²) in [5, 5.41) is 0. The van der Waals surface area contributed by atoms with Crippen LogP contribution in [0.2, 0.25) is 0 Å². The predicted molar refractivity (Wildman–Crippen MR) is 152 cm³/mol. The van der Waals surface area contributed by atoms with Crippen LogP contribution < -0.4 is 14.4 Å². The Labute approximate surface area is 238 Å². The van der Waals surface area contributed by atoms with Crippen LogP contribution in [0.4, 0.5) is 10.2 Å². The molecule has 4 heterocycles. The van der Waals surface area contributed by atoms with Gasteiger partial charge in [0.2, 0.25) is 0 Å². The molecule has 216 valence electrons. The molecule has 1 aromatic heterocycles. The number of aromatic nitrogens is 2. The Kier molecular flexibility index (Phi) is 8.43. The van der Waals surface area contributed by atoms with E-state index < -0.39 is 17.0 Å². The van der Waals surface area contributed by atoms with Crippen molar-refractivity contribution in [3.05, 3.63) is 42.1 Å². The van der Waals surface area contributed by atoms with Crippen LogP contribution in [0.3, 0.4) is 0 Å². The quantitative estimate of drug-likeness (QED) is 0.457. The number of piperidine rings is 1. The van der Waals surface area contributed by atoms with Gasteiger partial charge in [0, 0.05) is 44.2 Å². The number of aldehydes is 1. The second kappa shape index (κ2) is 12.2. The van der Waals surface area contributed by atoms with Gasteiger partial charge in [-0.1, -0.05) is 0 Å². The molecular weight excluding hydrogens is 531 g/mol. The van der Waals surface area contributed by atoms with Gasteiger partial charge in [0.25, 0.3) is 0 Å². The van der Waals surface area contributed by atoms with E-state index in [-0.39, 0.29) is 5.56 Å². The van der Waals surface area contributed by atoms with Crippen LogP contribution in [-0.4, -0.2) is 81.5 Å². The summed E-state index contributed by atoms with van der Waals surface area (Å²) in [6, 6.07) is 4.28. The van der Waals surface area contributed by atoms with Crippen molar-refractivity contribution in [1.29, 1.82) is 0 Å². The fourth-order valence-corrected chi connectivity index (χ4v) is 8.04. The lowest BCUT2D eigenvalue weighted by molar-refractivity contribution is 0.0618. The zero-order valence-corrected chi connectivity index (χ0v) is 23.8. The largest absolute Gasteiger partial charge is 0.451 e. The van der Waals surface area contributed by atoms with E-state index in [0.29, 0.717) is 35.1 Å². The maximum absolute atomic E-state index is 13.5. The first-order valence-corrected chi connectivity index (χ1v) is 15.7. The van der Waals surface area contributed by atoms with Crippen molar-refractivity contribution in [2.24, 2.45) is 11.3 Å². The average molecular weight is 571 g/mol. The Morgan fingerprint density at radius 2 is 1.82 bits per heavy atom. The molecule has 9 nitrogen and oxygen atoms in total. The maximum Gasteiger partial charge on any atom is 0.188 e. The van der Waals surface area contributed by atoms with Gasteiger partial charge in [-0.3, -0.25) is 4.79 Å². The van der Waals surface area contributed by atoms with Gasteiger partial charge in [0.15, 0.2) is 29.0 Å². The van der Waals surface area contributed by atoms with Gasteiger partial charge in [0.05, 0.1) is 11.8 Å². The highest BCUT2D eigenvalue weighted by molar-refractivity contribution is 7.80. The lowest BCUT2D eigenvalue weighted by Gasteiger charge is -2.54. The molecule has 4 fully saturated rings. The van der Waals surface area contributed by atoms with Crippen molar-refractivity contribution >= 4 is 23.3 Å². The summed E-state index contributed by atoms with van der Waals surface area (Å²) in [5.74, 6) is 1.72. The third-order valence-corrected chi connectivity index (χ3v) is 10.5. The molecule has 1 saturated carbocycles.